The zero-order valence-corrected chi connectivity index (χ0v) is 12.9. The molecule has 22 heavy (non-hydrogen) atoms. The number of halogens is 1. The normalized spacial score (nSPS) is 15.2. The Morgan fingerprint density at radius 2 is 2.05 bits per heavy atom. The van der Waals surface area contributed by atoms with Crippen LogP contribution in [0.3, 0.4) is 0 Å². The Balaban J connectivity index is 2.06. The van der Waals surface area contributed by atoms with Crippen LogP contribution in [-0.2, 0) is 13.0 Å². The summed E-state index contributed by atoms with van der Waals surface area (Å²) in [5.41, 5.74) is 5.85. The lowest BCUT2D eigenvalue weighted by atomic mass is 10.0. The van der Waals surface area contributed by atoms with Gasteiger partial charge in [-0.05, 0) is 49.9 Å². The van der Waals surface area contributed by atoms with Gasteiger partial charge >= 0.3 is 0 Å². The van der Waals surface area contributed by atoms with E-state index in [9.17, 15) is 4.39 Å². The number of hydrogen-bond donors (Lipinski definition) is 0. The minimum atomic E-state index is -0.218. The molecular weight excluding hydrogens is 275 g/mol. The van der Waals surface area contributed by atoms with Crippen LogP contribution < -0.4 is 0 Å². The fourth-order valence-electron chi connectivity index (χ4n) is 3.44. The molecule has 0 atom stereocenters. The minimum Gasteiger partial charge on any atom is -0.312 e. The Morgan fingerprint density at radius 1 is 1.18 bits per heavy atom. The highest BCUT2D eigenvalue weighted by Gasteiger charge is 2.23. The third kappa shape index (κ3) is 2.04. The third-order valence-electron chi connectivity index (χ3n) is 4.48. The van der Waals surface area contributed by atoms with E-state index in [0.717, 1.165) is 30.7 Å². The van der Waals surface area contributed by atoms with Gasteiger partial charge in [-0.1, -0.05) is 11.6 Å². The van der Waals surface area contributed by atoms with Gasteiger partial charge in [0.2, 0.25) is 0 Å². The molecule has 1 aliphatic rings. The quantitative estimate of drug-likeness (QED) is 0.661. The standard InChI is InChI=1S/C19H18FN2/c1-13-6-7-18-16(10-13)17-12-21(2)9-8-19(17)22(18)15-5-3-4-14(20)11-15/h3-4,6-7,10-11H,8-9,12H2,1-2H3. The fourth-order valence-corrected chi connectivity index (χ4v) is 3.44. The zero-order chi connectivity index (χ0) is 15.3. The van der Waals surface area contributed by atoms with Crippen LogP contribution >= 0.6 is 0 Å². The van der Waals surface area contributed by atoms with Crippen molar-refractivity contribution < 1.29 is 4.39 Å². The van der Waals surface area contributed by atoms with Crippen molar-refractivity contribution in [2.75, 3.05) is 13.6 Å². The van der Waals surface area contributed by atoms with E-state index < -0.39 is 0 Å². The summed E-state index contributed by atoms with van der Waals surface area (Å²) in [6.07, 6.45) is 0.976. The number of hydrogen-bond acceptors (Lipinski definition) is 1. The molecular formula is C19H18FN2. The highest BCUT2D eigenvalue weighted by atomic mass is 19.1. The Bertz CT molecular complexity index is 863. The number of rotatable bonds is 1. The highest BCUT2D eigenvalue weighted by molar-refractivity contribution is 5.88. The predicted molar refractivity (Wildman–Crippen MR) is 86.8 cm³/mol. The molecule has 0 aliphatic carbocycles. The number of benzene rings is 2. The van der Waals surface area contributed by atoms with Gasteiger partial charge in [0, 0.05) is 36.7 Å². The summed E-state index contributed by atoms with van der Waals surface area (Å²) in [5.74, 6) is -0.218. The predicted octanol–water partition coefficient (Wildman–Crippen LogP) is 3.87. The SMILES string of the molecule is Cc1ccc2c(c1)c1c(n2-c2[c]ccc(F)c2)CCN(C)C1. The van der Waals surface area contributed by atoms with E-state index >= 15 is 0 Å². The van der Waals surface area contributed by atoms with Crippen molar-refractivity contribution in [1.82, 2.24) is 9.47 Å². The average Bonchev–Trinajstić information content (AvgIpc) is 2.80. The lowest BCUT2D eigenvalue weighted by Crippen LogP contribution is -2.27. The van der Waals surface area contributed by atoms with E-state index in [0.29, 0.717) is 0 Å². The molecule has 1 aliphatic heterocycles. The number of nitrogens with zero attached hydrogens (tertiary/aromatic N) is 2. The first kappa shape index (κ1) is 13.5. The van der Waals surface area contributed by atoms with Crippen molar-refractivity contribution >= 4 is 10.9 Å². The number of likely N-dealkylation sites (N-methyl/N-ethyl adjacent to an activating group) is 1. The molecule has 2 aromatic carbocycles. The Morgan fingerprint density at radius 3 is 2.86 bits per heavy atom. The Hall–Kier alpha value is -2.13. The van der Waals surface area contributed by atoms with Gasteiger partial charge in [0.25, 0.3) is 0 Å². The smallest absolute Gasteiger partial charge is 0.125 e. The summed E-state index contributed by atoms with van der Waals surface area (Å²) in [7, 11) is 2.15. The molecule has 0 fully saturated rings. The maximum Gasteiger partial charge on any atom is 0.125 e. The molecule has 1 aromatic heterocycles. The fraction of sp³-hybridized carbons (Fsp3) is 0.263. The van der Waals surface area contributed by atoms with Crippen LogP contribution in [0.25, 0.3) is 16.6 Å². The summed E-state index contributed by atoms with van der Waals surface area (Å²) in [6, 6.07) is 14.4. The van der Waals surface area contributed by atoms with Gasteiger partial charge in [-0.2, -0.15) is 0 Å². The summed E-state index contributed by atoms with van der Waals surface area (Å²) in [4.78, 5) is 2.34. The molecule has 0 bridgehead atoms. The van der Waals surface area contributed by atoms with Crippen molar-refractivity contribution in [2.24, 2.45) is 0 Å². The van der Waals surface area contributed by atoms with Gasteiger partial charge in [0.05, 0.1) is 11.2 Å². The molecule has 0 N–H and O–H groups in total. The maximum absolute atomic E-state index is 13.7. The molecule has 0 saturated carbocycles. The maximum atomic E-state index is 13.7. The van der Waals surface area contributed by atoms with Gasteiger partial charge in [0.15, 0.2) is 0 Å². The largest absolute Gasteiger partial charge is 0.312 e. The van der Waals surface area contributed by atoms with Gasteiger partial charge in [-0.3, -0.25) is 0 Å². The lowest BCUT2D eigenvalue weighted by molar-refractivity contribution is 0.311. The third-order valence-corrected chi connectivity index (χ3v) is 4.48. The van der Waals surface area contributed by atoms with Crippen LogP contribution in [0.4, 0.5) is 4.39 Å². The molecule has 2 heterocycles. The van der Waals surface area contributed by atoms with Crippen LogP contribution in [0, 0.1) is 18.8 Å². The monoisotopic (exact) mass is 293 g/mol. The molecule has 3 heteroatoms. The second-order valence-electron chi connectivity index (χ2n) is 6.16. The van der Waals surface area contributed by atoms with Crippen LogP contribution in [0.5, 0.6) is 0 Å². The first-order valence-corrected chi connectivity index (χ1v) is 7.62. The molecule has 2 nitrogen and oxygen atoms in total. The number of aryl methyl sites for hydroxylation is 1. The minimum absolute atomic E-state index is 0.218. The number of aromatic nitrogens is 1. The molecule has 0 spiro atoms. The van der Waals surface area contributed by atoms with E-state index in [1.807, 2.05) is 0 Å². The topological polar surface area (TPSA) is 8.17 Å². The van der Waals surface area contributed by atoms with Gasteiger partial charge in [-0.15, -0.1) is 0 Å². The summed E-state index contributed by atoms with van der Waals surface area (Å²) < 4.78 is 15.9. The van der Waals surface area contributed by atoms with E-state index in [4.69, 9.17) is 0 Å². The molecule has 0 unspecified atom stereocenters. The first-order valence-electron chi connectivity index (χ1n) is 7.62. The summed E-state index contributed by atoms with van der Waals surface area (Å²) >= 11 is 0. The molecule has 4 rings (SSSR count). The Kier molecular flexibility index (Phi) is 3.05. The summed E-state index contributed by atoms with van der Waals surface area (Å²) in [6.45, 7) is 4.08. The zero-order valence-electron chi connectivity index (χ0n) is 12.9. The molecule has 0 amide bonds. The van der Waals surface area contributed by atoms with Crippen molar-refractivity contribution in [3.63, 3.8) is 0 Å². The van der Waals surface area contributed by atoms with E-state index in [1.165, 1.54) is 28.3 Å². The molecule has 3 aromatic rings. The van der Waals surface area contributed by atoms with Crippen LogP contribution in [0.15, 0.2) is 36.4 Å². The van der Waals surface area contributed by atoms with E-state index in [1.54, 1.807) is 12.1 Å². The van der Waals surface area contributed by atoms with Gasteiger partial charge in [0.1, 0.15) is 5.82 Å². The van der Waals surface area contributed by atoms with Gasteiger partial charge < -0.3 is 9.47 Å². The highest BCUT2D eigenvalue weighted by Crippen LogP contribution is 2.33. The molecule has 1 radical (unpaired) electrons. The second-order valence-corrected chi connectivity index (χ2v) is 6.16. The van der Waals surface area contributed by atoms with E-state index in [2.05, 4.69) is 47.7 Å². The second kappa shape index (κ2) is 4.96. The molecule has 0 saturated heterocycles. The van der Waals surface area contributed by atoms with Crippen LogP contribution in [0.2, 0.25) is 0 Å². The van der Waals surface area contributed by atoms with Crippen molar-refractivity contribution in [2.45, 2.75) is 19.9 Å². The number of fused-ring (bicyclic) bond motifs is 3. The first-order chi connectivity index (χ1) is 10.6. The van der Waals surface area contributed by atoms with Crippen LogP contribution in [-0.4, -0.2) is 23.1 Å². The Labute approximate surface area is 129 Å². The average molecular weight is 293 g/mol. The van der Waals surface area contributed by atoms with Crippen molar-refractivity contribution in [3.05, 3.63) is 65.1 Å². The molecule has 111 valence electrons. The van der Waals surface area contributed by atoms with Gasteiger partial charge in [-0.25, -0.2) is 4.39 Å². The lowest BCUT2D eigenvalue weighted by Gasteiger charge is -2.24. The van der Waals surface area contributed by atoms with Crippen molar-refractivity contribution in [3.8, 4) is 5.69 Å². The van der Waals surface area contributed by atoms with Crippen molar-refractivity contribution in [1.29, 1.82) is 0 Å². The van der Waals surface area contributed by atoms with Crippen LogP contribution in [0.1, 0.15) is 16.8 Å². The summed E-state index contributed by atoms with van der Waals surface area (Å²) in [5, 5.41) is 1.28. The van der Waals surface area contributed by atoms with E-state index in [-0.39, 0.29) is 5.82 Å².